The van der Waals surface area contributed by atoms with Gasteiger partial charge in [0.25, 0.3) is 15.9 Å². The van der Waals surface area contributed by atoms with Crippen LogP contribution in [0.2, 0.25) is 0 Å². The molecule has 5 nitrogen and oxygen atoms in total. The Morgan fingerprint density at radius 2 is 1.75 bits per heavy atom. The lowest BCUT2D eigenvalue weighted by atomic mass is 10.1. The van der Waals surface area contributed by atoms with Crippen LogP contribution in [0.5, 0.6) is 0 Å². The van der Waals surface area contributed by atoms with Gasteiger partial charge in [-0.2, -0.15) is 0 Å². The molecular weight excluding hydrogens is 392 g/mol. The summed E-state index contributed by atoms with van der Waals surface area (Å²) in [4.78, 5) is 15.5. The highest BCUT2D eigenvalue weighted by molar-refractivity contribution is 7.89. The molecule has 0 saturated heterocycles. The van der Waals surface area contributed by atoms with Gasteiger partial charge in [-0.3, -0.25) is 10.2 Å². The summed E-state index contributed by atoms with van der Waals surface area (Å²) in [7, 11) is -3.83. The zero-order valence-corrected chi connectivity index (χ0v) is 17.0. The second-order valence-electron chi connectivity index (χ2n) is 6.87. The summed E-state index contributed by atoms with van der Waals surface area (Å²) in [6.45, 7) is 2.00. The first-order chi connectivity index (χ1) is 13.4. The molecule has 0 saturated carbocycles. The molecule has 0 fully saturated rings. The van der Waals surface area contributed by atoms with Crippen molar-refractivity contribution in [2.24, 2.45) is 0 Å². The predicted octanol–water partition coefficient (Wildman–Crippen LogP) is 3.84. The first-order valence-corrected chi connectivity index (χ1v) is 11.4. The van der Waals surface area contributed by atoms with Crippen LogP contribution >= 0.6 is 11.3 Å². The molecule has 0 unspecified atom stereocenters. The number of aryl methyl sites for hydroxylation is 3. The lowest BCUT2D eigenvalue weighted by Gasteiger charge is -2.10. The highest BCUT2D eigenvalue weighted by atomic mass is 32.2. The van der Waals surface area contributed by atoms with Gasteiger partial charge in [0.05, 0.1) is 4.90 Å². The Balaban J connectivity index is 1.50. The molecule has 0 spiro atoms. The number of sulfonamides is 1. The van der Waals surface area contributed by atoms with Crippen molar-refractivity contribution in [1.29, 1.82) is 0 Å². The topological polar surface area (TPSA) is 75.3 Å². The molecule has 0 radical (unpaired) electrons. The average molecular weight is 413 g/mol. The molecule has 0 aliphatic heterocycles. The Hall–Kier alpha value is -2.48. The second kappa shape index (κ2) is 7.50. The maximum absolute atomic E-state index is 12.6. The number of carbonyl (C=O) groups excluding carboxylic acids is 1. The van der Waals surface area contributed by atoms with Crippen LogP contribution in [0.4, 0.5) is 0 Å². The maximum Gasteiger partial charge on any atom is 0.276 e. The maximum atomic E-state index is 12.6. The van der Waals surface area contributed by atoms with Gasteiger partial charge >= 0.3 is 0 Å². The van der Waals surface area contributed by atoms with Crippen molar-refractivity contribution in [2.45, 2.75) is 31.1 Å². The molecule has 144 valence electrons. The van der Waals surface area contributed by atoms with E-state index < -0.39 is 15.9 Å². The molecule has 4 rings (SSSR count). The van der Waals surface area contributed by atoms with Crippen molar-refractivity contribution in [2.75, 3.05) is 0 Å². The number of hydrazine groups is 1. The minimum absolute atomic E-state index is 0.165. The van der Waals surface area contributed by atoms with E-state index in [-0.39, 0.29) is 4.90 Å². The second-order valence-corrected chi connectivity index (χ2v) is 9.47. The Labute approximate surface area is 168 Å². The third kappa shape index (κ3) is 3.73. The number of hydrogen-bond acceptors (Lipinski definition) is 4. The normalized spacial score (nSPS) is 13.3. The summed E-state index contributed by atoms with van der Waals surface area (Å²) in [5.41, 5.74) is 7.43. The Bertz CT molecular complexity index is 1130. The molecule has 1 aromatic heterocycles. The van der Waals surface area contributed by atoms with E-state index in [0.717, 1.165) is 41.5 Å². The molecule has 1 aliphatic carbocycles. The number of carbonyl (C=O) groups is 1. The minimum Gasteiger partial charge on any atom is -0.273 e. The SMILES string of the molecule is Cc1ccc(-c2ccsc2C(=O)NNS(=O)(=O)c2ccc3c(c2)CCC3)cc1. The van der Waals surface area contributed by atoms with E-state index in [2.05, 4.69) is 10.3 Å². The Kier molecular flexibility index (Phi) is 5.05. The summed E-state index contributed by atoms with van der Waals surface area (Å²) in [5, 5.41) is 1.82. The van der Waals surface area contributed by atoms with Crippen molar-refractivity contribution in [1.82, 2.24) is 10.3 Å². The van der Waals surface area contributed by atoms with Crippen molar-refractivity contribution in [3.8, 4) is 11.1 Å². The van der Waals surface area contributed by atoms with E-state index >= 15 is 0 Å². The smallest absolute Gasteiger partial charge is 0.273 e. The van der Waals surface area contributed by atoms with Crippen LogP contribution in [0.25, 0.3) is 11.1 Å². The average Bonchev–Trinajstić information content (AvgIpc) is 3.35. The molecule has 2 aromatic carbocycles. The Morgan fingerprint density at radius 1 is 1.00 bits per heavy atom. The standard InChI is InChI=1S/C21H20N2O3S2/c1-14-5-7-16(8-6-14)19-11-12-27-20(19)21(24)22-23-28(25,26)18-10-9-15-3-2-4-17(15)13-18/h5-13,23H,2-4H2,1H3,(H,22,24). The number of thiophene rings is 1. The molecule has 1 aliphatic rings. The van der Waals surface area contributed by atoms with E-state index in [1.807, 2.05) is 48.7 Å². The predicted molar refractivity (Wildman–Crippen MR) is 111 cm³/mol. The van der Waals surface area contributed by atoms with E-state index in [1.54, 1.807) is 12.1 Å². The summed E-state index contributed by atoms with van der Waals surface area (Å²) in [5.74, 6) is -0.477. The van der Waals surface area contributed by atoms with Gasteiger partial charge < -0.3 is 0 Å². The van der Waals surface area contributed by atoms with Crippen molar-refractivity contribution in [3.05, 3.63) is 75.5 Å². The van der Waals surface area contributed by atoms with E-state index in [0.29, 0.717) is 4.88 Å². The van der Waals surface area contributed by atoms with Crippen molar-refractivity contribution >= 4 is 27.3 Å². The fourth-order valence-corrected chi connectivity index (χ4v) is 5.09. The third-order valence-electron chi connectivity index (χ3n) is 4.91. The first-order valence-electron chi connectivity index (χ1n) is 9.02. The summed E-state index contributed by atoms with van der Waals surface area (Å²) < 4.78 is 25.2. The fourth-order valence-electron chi connectivity index (χ4n) is 3.39. The molecule has 28 heavy (non-hydrogen) atoms. The van der Waals surface area contributed by atoms with Crippen molar-refractivity contribution in [3.63, 3.8) is 0 Å². The molecule has 0 atom stereocenters. The van der Waals surface area contributed by atoms with Gasteiger partial charge in [-0.05, 0) is 66.5 Å². The van der Waals surface area contributed by atoms with Gasteiger partial charge in [0.15, 0.2) is 0 Å². The van der Waals surface area contributed by atoms with Crippen LogP contribution < -0.4 is 10.3 Å². The number of nitrogens with one attached hydrogen (secondary N) is 2. The van der Waals surface area contributed by atoms with Gasteiger partial charge in [-0.25, -0.2) is 8.42 Å². The van der Waals surface area contributed by atoms with E-state index in [9.17, 15) is 13.2 Å². The molecule has 0 bridgehead atoms. The van der Waals surface area contributed by atoms with Gasteiger partial charge in [-0.1, -0.05) is 35.9 Å². The summed E-state index contributed by atoms with van der Waals surface area (Å²) >= 11 is 1.27. The molecule has 1 amide bonds. The quantitative estimate of drug-likeness (QED) is 0.625. The van der Waals surface area contributed by atoms with Gasteiger partial charge in [-0.15, -0.1) is 16.2 Å². The number of fused-ring (bicyclic) bond motifs is 1. The molecule has 7 heteroatoms. The van der Waals surface area contributed by atoms with Crippen LogP contribution in [0.15, 0.2) is 58.8 Å². The Morgan fingerprint density at radius 3 is 2.54 bits per heavy atom. The zero-order chi connectivity index (χ0) is 19.7. The fraction of sp³-hybridized carbons (Fsp3) is 0.190. The monoisotopic (exact) mass is 412 g/mol. The van der Waals surface area contributed by atoms with Gasteiger partial charge in [0.2, 0.25) is 0 Å². The number of benzene rings is 2. The summed E-state index contributed by atoms with van der Waals surface area (Å²) in [6, 6.07) is 14.8. The highest BCUT2D eigenvalue weighted by Crippen LogP contribution is 2.28. The van der Waals surface area contributed by atoms with E-state index in [4.69, 9.17) is 0 Å². The van der Waals surface area contributed by atoms with Crippen LogP contribution in [0.1, 0.15) is 32.8 Å². The van der Waals surface area contributed by atoms with Crippen LogP contribution in [0, 0.1) is 6.92 Å². The number of hydrogen-bond donors (Lipinski definition) is 2. The van der Waals surface area contributed by atoms with Gasteiger partial charge in [0, 0.05) is 5.56 Å². The highest BCUT2D eigenvalue weighted by Gasteiger charge is 2.21. The van der Waals surface area contributed by atoms with E-state index in [1.165, 1.54) is 16.9 Å². The van der Waals surface area contributed by atoms with Crippen molar-refractivity contribution < 1.29 is 13.2 Å². The molecule has 3 aromatic rings. The first kappa shape index (κ1) is 18.9. The van der Waals surface area contributed by atoms with Crippen LogP contribution in [-0.2, 0) is 22.9 Å². The summed E-state index contributed by atoms with van der Waals surface area (Å²) in [6.07, 6.45) is 2.92. The van der Waals surface area contributed by atoms with Crippen LogP contribution in [0.3, 0.4) is 0 Å². The third-order valence-corrected chi connectivity index (χ3v) is 7.07. The minimum atomic E-state index is -3.83. The number of amides is 1. The molecule has 1 heterocycles. The number of rotatable bonds is 5. The lowest BCUT2D eigenvalue weighted by molar-refractivity contribution is 0.0950. The molecular formula is C21H20N2O3S2. The zero-order valence-electron chi connectivity index (χ0n) is 15.4. The van der Waals surface area contributed by atoms with Gasteiger partial charge in [0.1, 0.15) is 4.88 Å². The molecule has 2 N–H and O–H groups in total. The largest absolute Gasteiger partial charge is 0.276 e. The van der Waals surface area contributed by atoms with Crippen LogP contribution in [-0.4, -0.2) is 14.3 Å². The lowest BCUT2D eigenvalue weighted by Crippen LogP contribution is -2.41.